The number of amides is 1. The number of anilines is 2. The summed E-state index contributed by atoms with van der Waals surface area (Å²) in [6.45, 7) is 5.50. The second-order valence-corrected chi connectivity index (χ2v) is 9.71. The minimum Gasteiger partial charge on any atom is -0.480 e. The summed E-state index contributed by atoms with van der Waals surface area (Å²) in [5.74, 6) is 0.332. The number of ether oxygens (including phenoxy) is 1. The van der Waals surface area contributed by atoms with E-state index in [4.69, 9.17) is 4.74 Å². The van der Waals surface area contributed by atoms with Crippen molar-refractivity contribution in [2.24, 2.45) is 0 Å². The Kier molecular flexibility index (Phi) is 7.02. The lowest BCUT2D eigenvalue weighted by atomic mass is 10.1. The van der Waals surface area contributed by atoms with Gasteiger partial charge in [-0.2, -0.15) is 0 Å². The number of carbonyl (C=O) groups is 1. The summed E-state index contributed by atoms with van der Waals surface area (Å²) in [7, 11) is -3.72. The fraction of sp³-hybridized carbons (Fsp3) is 0.174. The van der Waals surface area contributed by atoms with Crippen molar-refractivity contribution >= 4 is 43.2 Å². The SMILES string of the molecule is Cc1cc(Br)cc(C)c1OC(C)C(=O)Nc1ccc(S(=O)(=O)Nc2ccccc2)cc1. The highest BCUT2D eigenvalue weighted by atomic mass is 79.9. The van der Waals surface area contributed by atoms with E-state index in [0.29, 0.717) is 17.1 Å². The van der Waals surface area contributed by atoms with Crippen molar-refractivity contribution in [2.75, 3.05) is 10.0 Å². The standard InChI is InChI=1S/C23H23BrN2O4S/c1-15-13-18(24)14-16(2)22(15)30-17(3)23(27)25-19-9-11-21(12-10-19)31(28,29)26-20-7-5-4-6-8-20/h4-14,17,26H,1-3H3,(H,25,27). The fourth-order valence-electron chi connectivity index (χ4n) is 3.00. The van der Waals surface area contributed by atoms with Crippen LogP contribution in [0.1, 0.15) is 18.1 Å². The predicted molar refractivity (Wildman–Crippen MR) is 126 cm³/mol. The average Bonchev–Trinajstić information content (AvgIpc) is 2.71. The van der Waals surface area contributed by atoms with Crippen LogP contribution in [0, 0.1) is 13.8 Å². The van der Waals surface area contributed by atoms with Gasteiger partial charge in [0.25, 0.3) is 15.9 Å². The molecular weight excluding hydrogens is 480 g/mol. The van der Waals surface area contributed by atoms with Crippen molar-refractivity contribution in [1.82, 2.24) is 0 Å². The molecule has 1 atom stereocenters. The van der Waals surface area contributed by atoms with Crippen molar-refractivity contribution < 1.29 is 17.9 Å². The molecule has 31 heavy (non-hydrogen) atoms. The molecule has 3 rings (SSSR count). The molecule has 0 aliphatic heterocycles. The van der Waals surface area contributed by atoms with Crippen LogP contribution in [0.3, 0.4) is 0 Å². The number of carbonyl (C=O) groups excluding carboxylic acids is 1. The highest BCUT2D eigenvalue weighted by molar-refractivity contribution is 9.10. The van der Waals surface area contributed by atoms with Gasteiger partial charge in [-0.1, -0.05) is 34.1 Å². The van der Waals surface area contributed by atoms with Gasteiger partial charge < -0.3 is 10.1 Å². The molecular formula is C23H23BrN2O4S. The molecule has 0 aliphatic rings. The Morgan fingerprint density at radius 1 is 0.935 bits per heavy atom. The first kappa shape index (κ1) is 22.8. The van der Waals surface area contributed by atoms with E-state index in [9.17, 15) is 13.2 Å². The Labute approximate surface area is 190 Å². The lowest BCUT2D eigenvalue weighted by molar-refractivity contribution is -0.122. The van der Waals surface area contributed by atoms with Crippen LogP contribution in [-0.4, -0.2) is 20.4 Å². The van der Waals surface area contributed by atoms with Crippen LogP contribution in [0.5, 0.6) is 5.75 Å². The number of nitrogens with one attached hydrogen (secondary N) is 2. The monoisotopic (exact) mass is 502 g/mol. The summed E-state index contributed by atoms with van der Waals surface area (Å²) < 4.78 is 34.4. The van der Waals surface area contributed by atoms with E-state index in [1.807, 2.05) is 26.0 Å². The highest BCUT2D eigenvalue weighted by Gasteiger charge is 2.19. The third kappa shape index (κ3) is 5.86. The zero-order chi connectivity index (χ0) is 22.6. The summed E-state index contributed by atoms with van der Waals surface area (Å²) in [5, 5.41) is 2.75. The Balaban J connectivity index is 1.66. The van der Waals surface area contributed by atoms with E-state index in [1.165, 1.54) is 12.1 Å². The molecule has 6 nitrogen and oxygen atoms in total. The topological polar surface area (TPSA) is 84.5 Å². The van der Waals surface area contributed by atoms with Crippen LogP contribution >= 0.6 is 15.9 Å². The van der Waals surface area contributed by atoms with Crippen molar-refractivity contribution in [3.63, 3.8) is 0 Å². The summed E-state index contributed by atoms with van der Waals surface area (Å²) >= 11 is 3.44. The average molecular weight is 503 g/mol. The van der Waals surface area contributed by atoms with Crippen LogP contribution in [-0.2, 0) is 14.8 Å². The third-order valence-electron chi connectivity index (χ3n) is 4.55. The third-order valence-corrected chi connectivity index (χ3v) is 6.40. The molecule has 0 aliphatic carbocycles. The maximum atomic E-state index is 12.6. The van der Waals surface area contributed by atoms with Gasteiger partial charge in [-0.3, -0.25) is 9.52 Å². The van der Waals surface area contributed by atoms with Gasteiger partial charge in [0.1, 0.15) is 5.75 Å². The fourth-order valence-corrected chi connectivity index (χ4v) is 4.74. The molecule has 162 valence electrons. The van der Waals surface area contributed by atoms with Gasteiger partial charge in [0.05, 0.1) is 4.90 Å². The molecule has 0 spiro atoms. The first-order valence-electron chi connectivity index (χ1n) is 9.58. The van der Waals surface area contributed by atoms with E-state index in [-0.39, 0.29) is 10.8 Å². The Morgan fingerprint density at radius 2 is 1.52 bits per heavy atom. The van der Waals surface area contributed by atoms with Crippen LogP contribution in [0.2, 0.25) is 0 Å². The van der Waals surface area contributed by atoms with Crippen LogP contribution < -0.4 is 14.8 Å². The minimum absolute atomic E-state index is 0.0970. The largest absolute Gasteiger partial charge is 0.480 e. The maximum absolute atomic E-state index is 12.6. The summed E-state index contributed by atoms with van der Waals surface area (Å²) in [6, 6.07) is 18.5. The molecule has 3 aromatic carbocycles. The second-order valence-electron chi connectivity index (χ2n) is 7.11. The van der Waals surface area contributed by atoms with Crippen LogP contribution in [0.15, 0.2) is 76.1 Å². The molecule has 3 aromatic rings. The molecule has 0 fully saturated rings. The number of sulfonamides is 1. The van der Waals surface area contributed by atoms with Gasteiger partial charge in [-0.25, -0.2) is 8.42 Å². The van der Waals surface area contributed by atoms with Crippen LogP contribution in [0.25, 0.3) is 0 Å². The maximum Gasteiger partial charge on any atom is 0.265 e. The molecule has 1 amide bonds. The van der Waals surface area contributed by atoms with Crippen LogP contribution in [0.4, 0.5) is 11.4 Å². The van der Waals surface area contributed by atoms with Crippen molar-refractivity contribution in [2.45, 2.75) is 31.8 Å². The van der Waals surface area contributed by atoms with Gasteiger partial charge >= 0.3 is 0 Å². The molecule has 0 heterocycles. The lowest BCUT2D eigenvalue weighted by Gasteiger charge is -2.18. The Morgan fingerprint density at radius 3 is 2.10 bits per heavy atom. The number of rotatable bonds is 7. The molecule has 0 saturated carbocycles. The first-order valence-corrected chi connectivity index (χ1v) is 11.9. The molecule has 0 aromatic heterocycles. The molecule has 0 saturated heterocycles. The second kappa shape index (κ2) is 9.53. The van der Waals surface area contributed by atoms with Crippen molar-refractivity contribution in [1.29, 1.82) is 0 Å². The number of hydrogen-bond donors (Lipinski definition) is 2. The molecule has 2 N–H and O–H groups in total. The summed E-state index contributed by atoms with van der Waals surface area (Å²) in [5.41, 5.74) is 2.80. The number of hydrogen-bond acceptors (Lipinski definition) is 4. The number of aryl methyl sites for hydroxylation is 2. The van der Waals surface area contributed by atoms with Gasteiger partial charge in [-0.15, -0.1) is 0 Å². The molecule has 0 radical (unpaired) electrons. The van der Waals surface area contributed by atoms with E-state index in [2.05, 4.69) is 26.0 Å². The zero-order valence-corrected chi connectivity index (χ0v) is 19.7. The van der Waals surface area contributed by atoms with Crippen molar-refractivity contribution in [3.05, 3.63) is 82.3 Å². The molecule has 8 heteroatoms. The number of halogens is 1. The van der Waals surface area contributed by atoms with Gasteiger partial charge in [0.15, 0.2) is 6.10 Å². The minimum atomic E-state index is -3.72. The Hall–Kier alpha value is -2.84. The normalized spacial score (nSPS) is 12.1. The first-order chi connectivity index (χ1) is 14.7. The zero-order valence-electron chi connectivity index (χ0n) is 17.3. The predicted octanol–water partition coefficient (Wildman–Crippen LogP) is 5.27. The van der Waals surface area contributed by atoms with E-state index in [1.54, 1.807) is 49.4 Å². The lowest BCUT2D eigenvalue weighted by Crippen LogP contribution is -2.30. The van der Waals surface area contributed by atoms with Gasteiger partial charge in [0, 0.05) is 15.8 Å². The summed E-state index contributed by atoms with van der Waals surface area (Å²) in [4.78, 5) is 12.7. The van der Waals surface area contributed by atoms with Gasteiger partial charge in [0.2, 0.25) is 0 Å². The quantitative estimate of drug-likeness (QED) is 0.460. The van der Waals surface area contributed by atoms with Crippen molar-refractivity contribution in [3.8, 4) is 5.75 Å². The number of para-hydroxylation sites is 1. The summed E-state index contributed by atoms with van der Waals surface area (Å²) in [6.07, 6.45) is -0.735. The van der Waals surface area contributed by atoms with Gasteiger partial charge in [-0.05, 0) is 80.4 Å². The van der Waals surface area contributed by atoms with E-state index in [0.717, 1.165) is 15.6 Å². The highest BCUT2D eigenvalue weighted by Crippen LogP contribution is 2.28. The smallest absolute Gasteiger partial charge is 0.265 e. The van der Waals surface area contributed by atoms with E-state index < -0.39 is 16.1 Å². The van der Waals surface area contributed by atoms with E-state index >= 15 is 0 Å². The molecule has 0 bridgehead atoms. The molecule has 1 unspecified atom stereocenters. The Bertz CT molecular complexity index is 1160. The number of benzene rings is 3.